The summed E-state index contributed by atoms with van der Waals surface area (Å²) in [5.41, 5.74) is 0.112. The van der Waals surface area contributed by atoms with Gasteiger partial charge in [-0.3, -0.25) is 14.4 Å². The topological polar surface area (TPSA) is 103 Å². The number of pyridine rings is 1. The Bertz CT molecular complexity index is 1370. The molecule has 5 rings (SSSR count). The quantitative estimate of drug-likeness (QED) is 0.458. The highest BCUT2D eigenvalue weighted by Gasteiger charge is 2.55. The molecular weight excluding hydrogens is 542 g/mol. The van der Waals surface area contributed by atoms with Gasteiger partial charge in [0.15, 0.2) is 0 Å². The number of nitrogens with zero attached hydrogens (tertiary/aromatic N) is 3. The monoisotopic (exact) mass is 591 g/mol. The van der Waals surface area contributed by atoms with Crippen LogP contribution in [0, 0.1) is 17.3 Å². The summed E-state index contributed by atoms with van der Waals surface area (Å²) in [4.78, 5) is 44.2. The first-order valence-corrected chi connectivity index (χ1v) is 16.2. The number of carbonyl (C=O) groups is 2. The number of piperidine rings is 1. The minimum Gasteiger partial charge on any atom is -0.392 e. The molecule has 234 valence electrons. The van der Waals surface area contributed by atoms with E-state index in [1.807, 2.05) is 17.0 Å². The first-order valence-electron chi connectivity index (χ1n) is 16.2. The van der Waals surface area contributed by atoms with Crippen LogP contribution in [0.5, 0.6) is 0 Å². The highest BCUT2D eigenvalue weighted by atomic mass is 16.3. The Kier molecular flexibility index (Phi) is 9.47. The Balaban J connectivity index is 1.43. The molecule has 2 aromatic rings. The number of amides is 2. The molecule has 43 heavy (non-hydrogen) atoms. The highest BCUT2D eigenvalue weighted by molar-refractivity contribution is 6.00. The number of carbonyl (C=O) groups excluding carboxylic acids is 2. The summed E-state index contributed by atoms with van der Waals surface area (Å²) in [5.74, 6) is 0.547. The van der Waals surface area contributed by atoms with Crippen LogP contribution in [0.1, 0.15) is 93.5 Å². The number of benzene rings is 1. The molecule has 1 aromatic heterocycles. The van der Waals surface area contributed by atoms with Crippen LogP contribution in [0.4, 0.5) is 0 Å². The highest BCUT2D eigenvalue weighted by Crippen LogP contribution is 2.52. The Morgan fingerprint density at radius 1 is 1.02 bits per heavy atom. The molecular formula is C35H49N3O5. The molecule has 2 aliphatic carbocycles. The van der Waals surface area contributed by atoms with Gasteiger partial charge in [-0.1, -0.05) is 76.1 Å². The smallest absolute Gasteiger partial charge is 0.255 e. The second-order valence-electron chi connectivity index (χ2n) is 13.8. The van der Waals surface area contributed by atoms with Crippen LogP contribution in [0.3, 0.4) is 0 Å². The van der Waals surface area contributed by atoms with Gasteiger partial charge in [0, 0.05) is 56.3 Å². The van der Waals surface area contributed by atoms with Crippen molar-refractivity contribution in [3.8, 4) is 11.1 Å². The predicted octanol–water partition coefficient (Wildman–Crippen LogP) is 4.84. The molecule has 1 aliphatic heterocycles. The van der Waals surface area contributed by atoms with E-state index in [0.29, 0.717) is 47.7 Å². The molecule has 3 fully saturated rings. The lowest BCUT2D eigenvalue weighted by Gasteiger charge is -2.53. The number of hydrogen-bond donors (Lipinski definition) is 2. The van der Waals surface area contributed by atoms with Crippen molar-refractivity contribution in [2.24, 2.45) is 17.3 Å². The summed E-state index contributed by atoms with van der Waals surface area (Å²) in [7, 11) is 3.34. The minimum absolute atomic E-state index is 0.0238. The van der Waals surface area contributed by atoms with Crippen LogP contribution in [0.2, 0.25) is 0 Å². The lowest BCUT2D eigenvalue weighted by Crippen LogP contribution is -2.62. The molecule has 2 heterocycles. The van der Waals surface area contributed by atoms with E-state index < -0.39 is 11.0 Å². The van der Waals surface area contributed by atoms with Crippen LogP contribution < -0.4 is 5.56 Å². The third-order valence-electron chi connectivity index (χ3n) is 10.7. The Morgan fingerprint density at radius 3 is 2.40 bits per heavy atom. The molecule has 2 unspecified atom stereocenters. The van der Waals surface area contributed by atoms with Crippen molar-refractivity contribution in [1.82, 2.24) is 14.4 Å². The van der Waals surface area contributed by atoms with E-state index in [1.165, 1.54) is 47.6 Å². The van der Waals surface area contributed by atoms with Crippen molar-refractivity contribution >= 4 is 11.8 Å². The fourth-order valence-electron chi connectivity index (χ4n) is 8.16. The van der Waals surface area contributed by atoms with Crippen LogP contribution >= 0.6 is 0 Å². The fourth-order valence-corrected chi connectivity index (χ4v) is 8.16. The van der Waals surface area contributed by atoms with Gasteiger partial charge in [0.1, 0.15) is 0 Å². The SMILES string of the molecule is CC(CC1CCCCC1)C(=O)N1CCC(O)(Cn2cc(C(=O)N(C)C)c(-c3ccccc3CO)cc2=O)C2(CCCC2)C1. The zero-order chi connectivity index (χ0) is 30.8. The Hall–Kier alpha value is -2.97. The molecule has 2 saturated carbocycles. The average Bonchev–Trinajstić information content (AvgIpc) is 3.49. The minimum atomic E-state index is -1.18. The number of aliphatic hydroxyl groups is 2. The van der Waals surface area contributed by atoms with Crippen molar-refractivity contribution < 1.29 is 19.8 Å². The molecule has 8 nitrogen and oxygen atoms in total. The molecule has 1 aromatic carbocycles. The van der Waals surface area contributed by atoms with Gasteiger partial charge in [-0.15, -0.1) is 0 Å². The van der Waals surface area contributed by atoms with Crippen LogP contribution in [0.15, 0.2) is 41.3 Å². The summed E-state index contributed by atoms with van der Waals surface area (Å²) in [6, 6.07) is 8.68. The maximum Gasteiger partial charge on any atom is 0.255 e. The van der Waals surface area contributed by atoms with E-state index in [0.717, 1.165) is 32.1 Å². The van der Waals surface area contributed by atoms with Crippen molar-refractivity contribution in [2.45, 2.75) is 96.3 Å². The Morgan fingerprint density at radius 2 is 1.72 bits per heavy atom. The maximum atomic E-state index is 13.7. The Labute approximate surface area is 255 Å². The molecule has 0 radical (unpaired) electrons. The van der Waals surface area contributed by atoms with Gasteiger partial charge in [-0.05, 0) is 42.7 Å². The third kappa shape index (κ3) is 6.32. The van der Waals surface area contributed by atoms with E-state index in [2.05, 4.69) is 6.92 Å². The van der Waals surface area contributed by atoms with Crippen LogP contribution in [-0.2, 0) is 17.9 Å². The average molecular weight is 592 g/mol. The van der Waals surface area contributed by atoms with Gasteiger partial charge in [-0.25, -0.2) is 0 Å². The van der Waals surface area contributed by atoms with Gasteiger partial charge >= 0.3 is 0 Å². The molecule has 2 atom stereocenters. The van der Waals surface area contributed by atoms with Crippen molar-refractivity contribution in [3.05, 3.63) is 58.0 Å². The standard InChI is InChI=1S/C35H49N3O5/c1-25(19-26-11-5-4-6-12-26)32(41)37-18-17-35(43,34(23-37)15-9-10-16-34)24-38-21-30(33(42)36(2)3)29(20-31(38)40)28-14-8-7-13-27(28)22-39/h7-8,13-14,20-21,25-26,39,43H,4-6,9-12,15-19,22-24H2,1-3H3. The summed E-state index contributed by atoms with van der Waals surface area (Å²) < 4.78 is 1.49. The molecule has 2 amide bonds. The van der Waals surface area contributed by atoms with Crippen molar-refractivity contribution in [3.63, 3.8) is 0 Å². The van der Waals surface area contributed by atoms with Crippen molar-refractivity contribution in [2.75, 3.05) is 27.2 Å². The van der Waals surface area contributed by atoms with E-state index >= 15 is 0 Å². The molecule has 1 spiro atoms. The van der Waals surface area contributed by atoms with Crippen molar-refractivity contribution in [1.29, 1.82) is 0 Å². The summed E-state index contributed by atoms with van der Waals surface area (Å²) in [6.07, 6.45) is 12.8. The van der Waals surface area contributed by atoms with E-state index in [4.69, 9.17) is 0 Å². The predicted molar refractivity (Wildman–Crippen MR) is 167 cm³/mol. The summed E-state index contributed by atoms with van der Waals surface area (Å²) in [5, 5.41) is 22.3. The van der Waals surface area contributed by atoms with Gasteiger partial charge < -0.3 is 24.6 Å². The molecule has 3 aliphatic rings. The van der Waals surface area contributed by atoms with Gasteiger partial charge in [-0.2, -0.15) is 0 Å². The second-order valence-corrected chi connectivity index (χ2v) is 13.8. The summed E-state index contributed by atoms with van der Waals surface area (Å²) >= 11 is 0. The molecule has 0 bridgehead atoms. The van der Waals surface area contributed by atoms with Crippen LogP contribution in [0.25, 0.3) is 11.1 Å². The lowest BCUT2D eigenvalue weighted by atomic mass is 9.65. The van der Waals surface area contributed by atoms with Gasteiger partial charge in [0.2, 0.25) is 5.91 Å². The first-order chi connectivity index (χ1) is 20.6. The largest absolute Gasteiger partial charge is 0.392 e. The van der Waals surface area contributed by atoms with E-state index in [9.17, 15) is 24.6 Å². The number of hydrogen-bond acceptors (Lipinski definition) is 5. The van der Waals surface area contributed by atoms with Gasteiger partial charge in [0.25, 0.3) is 11.5 Å². The maximum absolute atomic E-state index is 13.7. The zero-order valence-electron chi connectivity index (χ0n) is 26.2. The van der Waals surface area contributed by atoms with Gasteiger partial charge in [0.05, 0.1) is 24.3 Å². The second kappa shape index (κ2) is 12.9. The molecule has 1 saturated heterocycles. The number of aliphatic hydroxyl groups excluding tert-OH is 1. The normalized spacial score (nSPS) is 23.0. The summed E-state index contributed by atoms with van der Waals surface area (Å²) in [6.45, 7) is 2.90. The van der Waals surface area contributed by atoms with Crippen LogP contribution in [-0.4, -0.2) is 69.2 Å². The number of likely N-dealkylation sites (tertiary alicyclic amines) is 1. The fraction of sp³-hybridized carbons (Fsp3) is 0.629. The molecule has 2 N–H and O–H groups in total. The zero-order valence-corrected chi connectivity index (χ0v) is 26.2. The van der Waals surface area contributed by atoms with E-state index in [-0.39, 0.29) is 36.4 Å². The number of rotatable bonds is 8. The first kappa shape index (κ1) is 31.5. The van der Waals surface area contributed by atoms with E-state index in [1.54, 1.807) is 32.4 Å². The third-order valence-corrected chi connectivity index (χ3v) is 10.7. The lowest BCUT2D eigenvalue weighted by molar-refractivity contribution is -0.163. The number of aromatic nitrogens is 1. The molecule has 8 heteroatoms.